The van der Waals surface area contributed by atoms with Crippen LogP contribution >= 0.6 is 0 Å². The zero-order chi connectivity index (χ0) is 11.2. The summed E-state index contributed by atoms with van der Waals surface area (Å²) in [5.41, 5.74) is 7.05. The van der Waals surface area contributed by atoms with Crippen molar-refractivity contribution in [1.82, 2.24) is 4.98 Å². The van der Waals surface area contributed by atoms with Crippen molar-refractivity contribution in [3.8, 4) is 5.75 Å². The Morgan fingerprint density at radius 1 is 1.40 bits per heavy atom. The Balaban J connectivity index is 2.75. The van der Waals surface area contributed by atoms with E-state index in [0.29, 0.717) is 22.6 Å². The van der Waals surface area contributed by atoms with E-state index in [9.17, 15) is 5.11 Å². The van der Waals surface area contributed by atoms with Crippen LogP contribution in [-0.4, -0.2) is 10.1 Å². The van der Waals surface area contributed by atoms with Crippen LogP contribution in [0.25, 0.3) is 11.1 Å². The van der Waals surface area contributed by atoms with Gasteiger partial charge in [-0.05, 0) is 19.9 Å². The minimum atomic E-state index is -0.598. The summed E-state index contributed by atoms with van der Waals surface area (Å²) in [5, 5.41) is 9.98. The number of aromatic hydroxyl groups is 1. The van der Waals surface area contributed by atoms with Crippen molar-refractivity contribution in [2.24, 2.45) is 5.73 Å². The molecule has 1 aromatic heterocycles. The van der Waals surface area contributed by atoms with Crippen molar-refractivity contribution in [2.75, 3.05) is 0 Å². The molecule has 15 heavy (non-hydrogen) atoms. The van der Waals surface area contributed by atoms with Gasteiger partial charge < -0.3 is 15.3 Å². The van der Waals surface area contributed by atoms with Crippen molar-refractivity contribution < 1.29 is 9.52 Å². The molecular formula is C11H14N2O2. The minimum absolute atomic E-state index is 0.0839. The van der Waals surface area contributed by atoms with Crippen LogP contribution in [-0.2, 0) is 5.54 Å². The molecule has 2 rings (SSSR count). The summed E-state index contributed by atoms with van der Waals surface area (Å²) in [5.74, 6) is 0.618. The first-order valence-electron chi connectivity index (χ1n) is 4.78. The molecule has 0 atom stereocenters. The monoisotopic (exact) mass is 206 g/mol. The van der Waals surface area contributed by atoms with Gasteiger partial charge in [0.05, 0.1) is 0 Å². The van der Waals surface area contributed by atoms with E-state index in [2.05, 4.69) is 4.98 Å². The maximum Gasteiger partial charge on any atom is 0.196 e. The molecule has 0 amide bonds. The Hall–Kier alpha value is -1.55. The van der Waals surface area contributed by atoms with Gasteiger partial charge in [0, 0.05) is 18.0 Å². The van der Waals surface area contributed by atoms with Gasteiger partial charge in [0.25, 0.3) is 0 Å². The molecule has 0 bridgehead atoms. The molecule has 2 aromatic rings. The Bertz CT molecular complexity index is 509. The molecular weight excluding hydrogens is 192 g/mol. The third kappa shape index (κ3) is 1.57. The number of fused-ring (bicyclic) bond motifs is 1. The van der Waals surface area contributed by atoms with Gasteiger partial charge in [-0.25, -0.2) is 4.98 Å². The summed E-state index contributed by atoms with van der Waals surface area (Å²) in [4.78, 5) is 4.13. The van der Waals surface area contributed by atoms with Crippen LogP contribution in [0, 0.1) is 6.92 Å². The van der Waals surface area contributed by atoms with Crippen molar-refractivity contribution >= 4 is 11.1 Å². The summed E-state index contributed by atoms with van der Waals surface area (Å²) in [6.07, 6.45) is 0. The molecule has 0 aliphatic rings. The standard InChI is InChI=1S/C11H14N2O2/c1-6-13-8-5-4-7(11(2,3)12)9(14)10(8)15-6/h4-5,14H,12H2,1-3H3. The Kier molecular flexibility index (Phi) is 1.98. The second kappa shape index (κ2) is 2.97. The molecule has 0 spiro atoms. The normalized spacial score (nSPS) is 12.3. The molecule has 0 fully saturated rings. The molecule has 0 aliphatic heterocycles. The average molecular weight is 206 g/mol. The number of nitrogens with zero attached hydrogens (tertiary/aromatic N) is 1. The topological polar surface area (TPSA) is 72.3 Å². The first-order valence-corrected chi connectivity index (χ1v) is 4.78. The lowest BCUT2D eigenvalue weighted by molar-refractivity contribution is 0.431. The zero-order valence-corrected chi connectivity index (χ0v) is 9.03. The number of phenols is 1. The van der Waals surface area contributed by atoms with Crippen molar-refractivity contribution in [2.45, 2.75) is 26.3 Å². The lowest BCUT2D eigenvalue weighted by Gasteiger charge is -2.19. The number of benzene rings is 1. The van der Waals surface area contributed by atoms with Crippen LogP contribution in [0.4, 0.5) is 0 Å². The first-order chi connectivity index (χ1) is 6.89. The first kappa shape index (κ1) is 9.98. The highest BCUT2D eigenvalue weighted by Gasteiger charge is 2.21. The van der Waals surface area contributed by atoms with E-state index < -0.39 is 5.54 Å². The van der Waals surface area contributed by atoms with E-state index in [0.717, 1.165) is 0 Å². The largest absolute Gasteiger partial charge is 0.504 e. The molecule has 0 radical (unpaired) electrons. The summed E-state index contributed by atoms with van der Waals surface area (Å²) in [6, 6.07) is 3.58. The summed E-state index contributed by atoms with van der Waals surface area (Å²) in [6.45, 7) is 5.40. The van der Waals surface area contributed by atoms with Crippen molar-refractivity contribution in [3.63, 3.8) is 0 Å². The molecule has 0 unspecified atom stereocenters. The number of oxazole rings is 1. The van der Waals surface area contributed by atoms with Crippen LogP contribution in [0.15, 0.2) is 16.5 Å². The molecule has 4 heteroatoms. The molecule has 0 aliphatic carbocycles. The highest BCUT2D eigenvalue weighted by atomic mass is 16.4. The highest BCUT2D eigenvalue weighted by molar-refractivity contribution is 5.81. The fourth-order valence-electron chi connectivity index (χ4n) is 1.61. The fourth-order valence-corrected chi connectivity index (χ4v) is 1.61. The molecule has 0 saturated heterocycles. The Morgan fingerprint density at radius 3 is 2.67 bits per heavy atom. The summed E-state index contributed by atoms with van der Waals surface area (Å²) >= 11 is 0. The van der Waals surface area contributed by atoms with E-state index in [4.69, 9.17) is 10.2 Å². The van der Waals surface area contributed by atoms with Crippen LogP contribution in [0.5, 0.6) is 5.75 Å². The third-order valence-corrected chi connectivity index (χ3v) is 2.33. The summed E-state index contributed by atoms with van der Waals surface area (Å²) in [7, 11) is 0. The van der Waals surface area contributed by atoms with Crippen LogP contribution in [0.2, 0.25) is 0 Å². The summed E-state index contributed by atoms with van der Waals surface area (Å²) < 4.78 is 5.32. The fraction of sp³-hybridized carbons (Fsp3) is 0.364. The molecule has 80 valence electrons. The van der Waals surface area contributed by atoms with E-state index in [1.807, 2.05) is 13.8 Å². The highest BCUT2D eigenvalue weighted by Crippen LogP contribution is 2.34. The SMILES string of the molecule is Cc1nc2ccc(C(C)(C)N)c(O)c2o1. The van der Waals surface area contributed by atoms with Crippen LogP contribution in [0.3, 0.4) is 0 Å². The van der Waals surface area contributed by atoms with E-state index in [1.54, 1.807) is 19.1 Å². The van der Waals surface area contributed by atoms with Gasteiger partial charge in [0.1, 0.15) is 5.52 Å². The van der Waals surface area contributed by atoms with Gasteiger partial charge >= 0.3 is 0 Å². The van der Waals surface area contributed by atoms with Crippen molar-refractivity contribution in [1.29, 1.82) is 0 Å². The maximum absolute atomic E-state index is 9.98. The maximum atomic E-state index is 9.98. The number of rotatable bonds is 1. The van der Waals surface area contributed by atoms with Gasteiger partial charge in [-0.15, -0.1) is 0 Å². The quantitative estimate of drug-likeness (QED) is 0.748. The third-order valence-electron chi connectivity index (χ3n) is 2.33. The molecule has 4 nitrogen and oxygen atoms in total. The van der Waals surface area contributed by atoms with Gasteiger partial charge in [-0.2, -0.15) is 0 Å². The number of phenolic OH excluding ortho intramolecular Hbond substituents is 1. The lowest BCUT2D eigenvalue weighted by Crippen LogP contribution is -2.28. The lowest BCUT2D eigenvalue weighted by atomic mass is 9.94. The van der Waals surface area contributed by atoms with Gasteiger partial charge in [0.15, 0.2) is 17.2 Å². The van der Waals surface area contributed by atoms with Crippen molar-refractivity contribution in [3.05, 3.63) is 23.6 Å². The van der Waals surface area contributed by atoms with Gasteiger partial charge in [-0.3, -0.25) is 0 Å². The molecule has 3 N–H and O–H groups in total. The predicted octanol–water partition coefficient (Wildman–Crippen LogP) is 2.04. The van der Waals surface area contributed by atoms with Crippen LogP contribution < -0.4 is 5.73 Å². The number of aryl methyl sites for hydroxylation is 1. The zero-order valence-electron chi connectivity index (χ0n) is 9.03. The molecule has 1 aromatic carbocycles. The van der Waals surface area contributed by atoms with E-state index in [1.165, 1.54) is 0 Å². The second-order valence-corrected chi connectivity index (χ2v) is 4.26. The smallest absolute Gasteiger partial charge is 0.196 e. The second-order valence-electron chi connectivity index (χ2n) is 4.26. The number of hydrogen-bond donors (Lipinski definition) is 2. The predicted molar refractivity (Wildman–Crippen MR) is 57.6 cm³/mol. The average Bonchev–Trinajstić information content (AvgIpc) is 2.44. The van der Waals surface area contributed by atoms with E-state index >= 15 is 0 Å². The van der Waals surface area contributed by atoms with Gasteiger partial charge in [0.2, 0.25) is 0 Å². The minimum Gasteiger partial charge on any atom is -0.504 e. The van der Waals surface area contributed by atoms with Crippen LogP contribution in [0.1, 0.15) is 25.3 Å². The number of hydrogen-bond acceptors (Lipinski definition) is 4. The van der Waals surface area contributed by atoms with E-state index in [-0.39, 0.29) is 5.75 Å². The molecule has 0 saturated carbocycles. The Labute approximate surface area is 87.7 Å². The Morgan fingerprint density at radius 2 is 2.07 bits per heavy atom. The number of nitrogens with two attached hydrogens (primary N) is 1. The van der Waals surface area contributed by atoms with Gasteiger partial charge in [-0.1, -0.05) is 6.07 Å². The number of aromatic nitrogens is 1. The molecule has 1 heterocycles.